The Bertz CT molecular complexity index is 555. The predicted octanol–water partition coefficient (Wildman–Crippen LogP) is 2.41. The molecule has 0 bridgehead atoms. The summed E-state index contributed by atoms with van der Waals surface area (Å²) in [6.07, 6.45) is 6.74. The zero-order chi connectivity index (χ0) is 12.5. The van der Waals surface area contributed by atoms with Crippen molar-refractivity contribution in [2.45, 2.75) is 32.4 Å². The number of fused-ring (bicyclic) bond motifs is 1. The number of aromatic nitrogens is 2. The number of aryl methyl sites for hydroxylation is 1. The Morgan fingerprint density at radius 3 is 2.85 bits per heavy atom. The second-order valence-electron chi connectivity index (χ2n) is 5.21. The molecule has 20 heavy (non-hydrogen) atoms. The maximum atomic E-state index is 5.81. The largest absolute Gasteiger partial charge is 0.329 e. The summed E-state index contributed by atoms with van der Waals surface area (Å²) >= 11 is 0. The van der Waals surface area contributed by atoms with Crippen LogP contribution < -0.4 is 5.73 Å². The summed E-state index contributed by atoms with van der Waals surface area (Å²) in [7, 11) is 0. The van der Waals surface area contributed by atoms with Gasteiger partial charge in [-0.25, -0.2) is 4.98 Å². The first kappa shape index (κ1) is 17.2. The second-order valence-corrected chi connectivity index (χ2v) is 5.21. The van der Waals surface area contributed by atoms with Gasteiger partial charge in [-0.05, 0) is 37.9 Å². The van der Waals surface area contributed by atoms with E-state index in [9.17, 15) is 0 Å². The molecule has 1 unspecified atom stereocenters. The molecule has 112 valence electrons. The number of pyridine rings is 1. The van der Waals surface area contributed by atoms with E-state index in [-0.39, 0.29) is 24.8 Å². The molecule has 1 atom stereocenters. The number of rotatable bonds is 3. The van der Waals surface area contributed by atoms with Gasteiger partial charge in [0.2, 0.25) is 0 Å². The first-order valence-corrected chi connectivity index (χ1v) is 6.64. The van der Waals surface area contributed by atoms with Gasteiger partial charge in [-0.1, -0.05) is 6.07 Å². The molecule has 3 heterocycles. The number of likely N-dealkylation sites (tertiary alicyclic amines) is 1. The van der Waals surface area contributed by atoms with E-state index in [1.54, 1.807) is 0 Å². The highest BCUT2D eigenvalue weighted by molar-refractivity contribution is 5.85. The van der Waals surface area contributed by atoms with Crippen LogP contribution in [0.1, 0.15) is 24.1 Å². The van der Waals surface area contributed by atoms with Crippen LogP contribution in [0.5, 0.6) is 0 Å². The smallest absolute Gasteiger partial charge is 0.137 e. The fourth-order valence-electron chi connectivity index (χ4n) is 2.81. The molecular weight excluding hydrogens is 295 g/mol. The third-order valence-electron chi connectivity index (χ3n) is 3.79. The molecule has 1 aliphatic heterocycles. The van der Waals surface area contributed by atoms with Gasteiger partial charge < -0.3 is 10.1 Å². The molecule has 0 radical (unpaired) electrons. The van der Waals surface area contributed by atoms with E-state index in [2.05, 4.69) is 45.7 Å². The Balaban J connectivity index is 0.000001000. The van der Waals surface area contributed by atoms with E-state index in [0.717, 1.165) is 31.0 Å². The summed E-state index contributed by atoms with van der Waals surface area (Å²) in [6.45, 7) is 4.92. The van der Waals surface area contributed by atoms with Crippen molar-refractivity contribution in [1.82, 2.24) is 14.3 Å². The van der Waals surface area contributed by atoms with Crippen LogP contribution in [0.15, 0.2) is 24.5 Å². The molecule has 1 aliphatic rings. The van der Waals surface area contributed by atoms with Crippen molar-refractivity contribution in [3.8, 4) is 0 Å². The van der Waals surface area contributed by atoms with E-state index in [1.807, 2.05) is 0 Å². The number of nitrogens with two attached hydrogens (primary N) is 1. The molecule has 0 aliphatic carbocycles. The van der Waals surface area contributed by atoms with Gasteiger partial charge in [-0.15, -0.1) is 24.8 Å². The van der Waals surface area contributed by atoms with E-state index in [0.29, 0.717) is 6.04 Å². The number of nitrogens with zero attached hydrogens (tertiary/aromatic N) is 3. The Morgan fingerprint density at radius 1 is 1.30 bits per heavy atom. The summed E-state index contributed by atoms with van der Waals surface area (Å²) < 4.78 is 2.11. The summed E-state index contributed by atoms with van der Waals surface area (Å²) in [4.78, 5) is 7.12. The summed E-state index contributed by atoms with van der Waals surface area (Å²) in [5, 5.41) is 0. The van der Waals surface area contributed by atoms with Crippen molar-refractivity contribution in [3.05, 3.63) is 35.8 Å². The minimum atomic E-state index is 0. The molecule has 0 saturated carbocycles. The van der Waals surface area contributed by atoms with Crippen molar-refractivity contribution < 1.29 is 0 Å². The van der Waals surface area contributed by atoms with Gasteiger partial charge in [0, 0.05) is 31.5 Å². The second kappa shape index (κ2) is 7.27. The molecule has 4 nitrogen and oxygen atoms in total. The predicted molar refractivity (Wildman–Crippen MR) is 86.9 cm³/mol. The quantitative estimate of drug-likeness (QED) is 0.946. The lowest BCUT2D eigenvalue weighted by molar-refractivity contribution is 0.248. The van der Waals surface area contributed by atoms with Gasteiger partial charge in [0.1, 0.15) is 5.65 Å². The molecule has 1 saturated heterocycles. The van der Waals surface area contributed by atoms with Gasteiger partial charge in [0.05, 0.1) is 5.69 Å². The average molecular weight is 317 g/mol. The maximum absolute atomic E-state index is 5.81. The molecule has 0 aromatic carbocycles. The van der Waals surface area contributed by atoms with Gasteiger partial charge in [-0.3, -0.25) is 4.90 Å². The lowest BCUT2D eigenvalue weighted by Gasteiger charge is -2.21. The van der Waals surface area contributed by atoms with E-state index < -0.39 is 0 Å². The fraction of sp³-hybridized carbons (Fsp3) is 0.500. The van der Waals surface area contributed by atoms with Crippen LogP contribution in [-0.4, -0.2) is 33.4 Å². The Kier molecular flexibility index (Phi) is 6.27. The minimum absolute atomic E-state index is 0. The zero-order valence-electron chi connectivity index (χ0n) is 11.7. The monoisotopic (exact) mass is 316 g/mol. The Morgan fingerprint density at radius 2 is 2.10 bits per heavy atom. The summed E-state index contributed by atoms with van der Waals surface area (Å²) in [5.41, 5.74) is 9.23. The Labute approximate surface area is 132 Å². The summed E-state index contributed by atoms with van der Waals surface area (Å²) in [6, 6.07) is 4.71. The van der Waals surface area contributed by atoms with Crippen LogP contribution in [0.3, 0.4) is 0 Å². The van der Waals surface area contributed by atoms with Gasteiger partial charge in [0.25, 0.3) is 0 Å². The van der Waals surface area contributed by atoms with Gasteiger partial charge >= 0.3 is 0 Å². The number of imidazole rings is 1. The van der Waals surface area contributed by atoms with Gasteiger partial charge in [0.15, 0.2) is 0 Å². The highest BCUT2D eigenvalue weighted by atomic mass is 35.5. The van der Waals surface area contributed by atoms with Crippen molar-refractivity contribution in [1.29, 1.82) is 0 Å². The molecule has 3 rings (SSSR count). The molecule has 6 heteroatoms. The molecular formula is C14H22Cl2N4. The first-order chi connectivity index (χ1) is 8.76. The zero-order valence-corrected chi connectivity index (χ0v) is 13.3. The molecule has 0 amide bonds. The van der Waals surface area contributed by atoms with Crippen LogP contribution >= 0.6 is 24.8 Å². The third-order valence-corrected chi connectivity index (χ3v) is 3.79. The van der Waals surface area contributed by atoms with Crippen molar-refractivity contribution in [2.75, 3.05) is 13.1 Å². The highest BCUT2D eigenvalue weighted by Gasteiger charge is 2.23. The normalized spacial score (nSPS) is 18.8. The molecule has 2 N–H and O–H groups in total. The topological polar surface area (TPSA) is 46.6 Å². The van der Waals surface area contributed by atoms with Crippen LogP contribution in [0.25, 0.3) is 5.65 Å². The van der Waals surface area contributed by atoms with Crippen molar-refractivity contribution >= 4 is 30.5 Å². The molecule has 1 fully saturated rings. The van der Waals surface area contributed by atoms with Crippen LogP contribution in [0.4, 0.5) is 0 Å². The third kappa shape index (κ3) is 3.44. The van der Waals surface area contributed by atoms with Crippen molar-refractivity contribution in [2.24, 2.45) is 5.73 Å². The van der Waals surface area contributed by atoms with E-state index in [1.165, 1.54) is 18.4 Å². The fourth-order valence-corrected chi connectivity index (χ4v) is 2.81. The number of halogens is 2. The van der Waals surface area contributed by atoms with Crippen molar-refractivity contribution in [3.63, 3.8) is 0 Å². The van der Waals surface area contributed by atoms with E-state index in [4.69, 9.17) is 5.73 Å². The highest BCUT2D eigenvalue weighted by Crippen LogP contribution is 2.19. The Hall–Kier alpha value is -0.810. The standard InChI is InChI=1S/C14H20N4.2ClH/c1-11-4-5-14-16-12(10-18(14)8-11)9-17-6-2-3-13(17)7-15;;/h4-5,8,10,13H,2-3,6-7,9,15H2,1H3;2*1H. The van der Waals surface area contributed by atoms with Crippen LogP contribution in [0, 0.1) is 6.92 Å². The number of hydrogen-bond acceptors (Lipinski definition) is 3. The molecule has 2 aromatic rings. The maximum Gasteiger partial charge on any atom is 0.137 e. The first-order valence-electron chi connectivity index (χ1n) is 6.64. The lowest BCUT2D eigenvalue weighted by Crippen LogP contribution is -2.34. The summed E-state index contributed by atoms with van der Waals surface area (Å²) in [5.74, 6) is 0. The minimum Gasteiger partial charge on any atom is -0.329 e. The lowest BCUT2D eigenvalue weighted by atomic mass is 10.2. The number of hydrogen-bond donors (Lipinski definition) is 1. The van der Waals surface area contributed by atoms with E-state index >= 15 is 0 Å². The van der Waals surface area contributed by atoms with Gasteiger partial charge in [-0.2, -0.15) is 0 Å². The SMILES string of the molecule is Cc1ccc2nc(CN3CCCC3CN)cn2c1.Cl.Cl. The molecule has 2 aromatic heterocycles. The average Bonchev–Trinajstić information content (AvgIpc) is 2.94. The van der Waals surface area contributed by atoms with Crippen LogP contribution in [-0.2, 0) is 6.54 Å². The molecule has 0 spiro atoms. The van der Waals surface area contributed by atoms with Crippen LogP contribution in [0.2, 0.25) is 0 Å².